The van der Waals surface area contributed by atoms with Crippen LogP contribution in [0.5, 0.6) is 0 Å². The lowest BCUT2D eigenvalue weighted by molar-refractivity contribution is -0.148. The molecule has 2 aliphatic heterocycles. The lowest BCUT2D eigenvalue weighted by atomic mass is 9.71. The topological polar surface area (TPSA) is 62.2 Å². The van der Waals surface area contributed by atoms with Crippen LogP contribution >= 0.6 is 0 Å². The molecule has 0 unspecified atom stereocenters. The average molecular weight is 442 g/mol. The Morgan fingerprint density at radius 3 is 2.48 bits per heavy atom. The van der Waals surface area contributed by atoms with Crippen LogP contribution < -0.4 is 4.90 Å². The summed E-state index contributed by atoms with van der Waals surface area (Å²) >= 11 is 0. The van der Waals surface area contributed by atoms with Gasteiger partial charge in [0.25, 0.3) is 0 Å². The number of piperidine rings is 2. The Kier molecular flexibility index (Phi) is 5.83. The van der Waals surface area contributed by atoms with Crippen molar-refractivity contribution in [2.75, 3.05) is 24.5 Å². The van der Waals surface area contributed by atoms with Crippen molar-refractivity contribution in [2.24, 2.45) is 5.41 Å². The van der Waals surface area contributed by atoms with Crippen LogP contribution in [0.4, 0.5) is 5.82 Å². The van der Waals surface area contributed by atoms with E-state index in [0.29, 0.717) is 18.3 Å². The molecule has 0 radical (unpaired) electrons. The summed E-state index contributed by atoms with van der Waals surface area (Å²) in [4.78, 5) is 31.6. The highest BCUT2D eigenvalue weighted by Gasteiger charge is 2.45. The molecule has 0 aliphatic carbocycles. The number of aromatic nitrogens is 3. The van der Waals surface area contributed by atoms with Crippen LogP contribution in [0.3, 0.4) is 0 Å². The molecule has 3 aromatic rings. The molecule has 2 fully saturated rings. The van der Waals surface area contributed by atoms with Gasteiger partial charge in [-0.1, -0.05) is 18.2 Å². The van der Waals surface area contributed by atoms with E-state index in [1.807, 2.05) is 25.1 Å². The number of amides is 1. The second-order valence-corrected chi connectivity index (χ2v) is 9.51. The van der Waals surface area contributed by atoms with Crippen molar-refractivity contribution in [1.82, 2.24) is 19.9 Å². The molecule has 6 heteroatoms. The zero-order valence-corrected chi connectivity index (χ0v) is 19.5. The third kappa shape index (κ3) is 4.47. The molecule has 170 valence electrons. The highest BCUT2D eigenvalue weighted by Crippen LogP contribution is 2.42. The number of anilines is 1. The Balaban J connectivity index is 1.28. The maximum Gasteiger partial charge on any atom is 0.229 e. The van der Waals surface area contributed by atoms with Crippen LogP contribution in [0.15, 0.2) is 54.9 Å². The lowest BCUT2D eigenvalue weighted by Crippen LogP contribution is -2.53. The molecule has 1 spiro atoms. The highest BCUT2D eigenvalue weighted by atomic mass is 16.2. The molecule has 33 heavy (non-hydrogen) atoms. The van der Waals surface area contributed by atoms with E-state index in [-0.39, 0.29) is 5.41 Å². The van der Waals surface area contributed by atoms with Gasteiger partial charge >= 0.3 is 0 Å². The first-order valence-electron chi connectivity index (χ1n) is 11.9. The normalized spacial score (nSPS) is 18.1. The van der Waals surface area contributed by atoms with E-state index < -0.39 is 0 Å². The van der Waals surface area contributed by atoms with E-state index in [2.05, 4.69) is 51.0 Å². The minimum absolute atomic E-state index is 0.228. The van der Waals surface area contributed by atoms with Crippen molar-refractivity contribution in [1.29, 1.82) is 0 Å². The van der Waals surface area contributed by atoms with Crippen LogP contribution in [-0.4, -0.2) is 45.4 Å². The van der Waals surface area contributed by atoms with Gasteiger partial charge in [-0.15, -0.1) is 0 Å². The van der Waals surface area contributed by atoms with Gasteiger partial charge in [0, 0.05) is 49.8 Å². The van der Waals surface area contributed by atoms with Gasteiger partial charge in [0.2, 0.25) is 5.91 Å². The Morgan fingerprint density at radius 1 is 0.939 bits per heavy atom. The molecular formula is C27H31N5O. The van der Waals surface area contributed by atoms with Crippen LogP contribution in [0.1, 0.15) is 42.5 Å². The standard InChI is InChI=1S/C27H31N5O/c1-20-16-21(2)30-24(17-20)31-14-9-27(10-15-31)8-4-13-32(26(27)33)19-22-6-3-7-23(18-22)25-28-11-5-12-29-25/h3,5-7,11-12,16-18H,4,8-10,13-15,19H2,1-2H3. The zero-order chi connectivity index (χ0) is 22.8. The zero-order valence-electron chi connectivity index (χ0n) is 19.5. The van der Waals surface area contributed by atoms with Crippen molar-refractivity contribution in [3.63, 3.8) is 0 Å². The fourth-order valence-electron chi connectivity index (χ4n) is 5.39. The molecule has 2 saturated heterocycles. The summed E-state index contributed by atoms with van der Waals surface area (Å²) in [5.74, 6) is 2.08. The molecule has 0 bridgehead atoms. The number of aryl methyl sites for hydroxylation is 2. The predicted molar refractivity (Wildman–Crippen MR) is 130 cm³/mol. The number of benzene rings is 1. The number of nitrogens with zero attached hydrogens (tertiary/aromatic N) is 5. The Hall–Kier alpha value is -3.28. The van der Waals surface area contributed by atoms with Gasteiger partial charge in [-0.05, 0) is 74.9 Å². The number of pyridine rings is 1. The smallest absolute Gasteiger partial charge is 0.229 e. The van der Waals surface area contributed by atoms with Crippen LogP contribution in [0.2, 0.25) is 0 Å². The second kappa shape index (κ2) is 8.93. The number of carbonyl (C=O) groups is 1. The molecule has 6 nitrogen and oxygen atoms in total. The Morgan fingerprint density at radius 2 is 1.73 bits per heavy atom. The lowest BCUT2D eigenvalue weighted by Gasteiger charge is -2.46. The van der Waals surface area contributed by atoms with Gasteiger partial charge in [-0.25, -0.2) is 15.0 Å². The third-order valence-electron chi connectivity index (χ3n) is 7.08. The summed E-state index contributed by atoms with van der Waals surface area (Å²) in [5, 5.41) is 0. The monoisotopic (exact) mass is 441 g/mol. The summed E-state index contributed by atoms with van der Waals surface area (Å²) in [5.41, 5.74) is 4.17. The van der Waals surface area contributed by atoms with Crippen molar-refractivity contribution in [3.05, 3.63) is 71.7 Å². The predicted octanol–water partition coefficient (Wildman–Crippen LogP) is 4.56. The van der Waals surface area contributed by atoms with Crippen molar-refractivity contribution in [3.8, 4) is 11.4 Å². The van der Waals surface area contributed by atoms with Gasteiger partial charge in [-0.2, -0.15) is 0 Å². The maximum atomic E-state index is 13.7. The quantitative estimate of drug-likeness (QED) is 0.594. The van der Waals surface area contributed by atoms with Crippen molar-refractivity contribution < 1.29 is 4.79 Å². The minimum atomic E-state index is -0.228. The first-order chi connectivity index (χ1) is 16.0. The van der Waals surface area contributed by atoms with E-state index in [1.165, 1.54) is 5.56 Å². The van der Waals surface area contributed by atoms with Crippen LogP contribution in [0.25, 0.3) is 11.4 Å². The average Bonchev–Trinajstić information content (AvgIpc) is 2.83. The number of hydrogen-bond donors (Lipinski definition) is 0. The van der Waals surface area contributed by atoms with Crippen molar-refractivity contribution in [2.45, 2.75) is 46.1 Å². The second-order valence-electron chi connectivity index (χ2n) is 9.51. The first kappa shape index (κ1) is 21.6. The van der Waals surface area contributed by atoms with E-state index in [4.69, 9.17) is 4.98 Å². The fourth-order valence-corrected chi connectivity index (χ4v) is 5.39. The van der Waals surface area contributed by atoms with Gasteiger partial charge in [0.05, 0.1) is 5.41 Å². The van der Waals surface area contributed by atoms with Gasteiger partial charge < -0.3 is 9.80 Å². The van der Waals surface area contributed by atoms with E-state index in [0.717, 1.165) is 68.0 Å². The summed E-state index contributed by atoms with van der Waals surface area (Å²) < 4.78 is 0. The van der Waals surface area contributed by atoms with Gasteiger partial charge in [0.1, 0.15) is 5.82 Å². The third-order valence-corrected chi connectivity index (χ3v) is 7.08. The number of rotatable bonds is 4. The molecule has 4 heterocycles. The molecule has 1 aromatic carbocycles. The fraction of sp³-hybridized carbons (Fsp3) is 0.407. The Bertz CT molecular complexity index is 1120. The molecule has 0 atom stereocenters. The van der Waals surface area contributed by atoms with E-state index >= 15 is 0 Å². The summed E-state index contributed by atoms with van der Waals surface area (Å²) in [6.07, 6.45) is 7.37. The molecule has 5 rings (SSSR count). The highest BCUT2D eigenvalue weighted by molar-refractivity contribution is 5.84. The Labute approximate surface area is 195 Å². The molecule has 2 aromatic heterocycles. The molecule has 0 saturated carbocycles. The molecule has 1 amide bonds. The number of likely N-dealkylation sites (tertiary alicyclic amines) is 1. The van der Waals surface area contributed by atoms with Crippen LogP contribution in [0, 0.1) is 19.3 Å². The molecular weight excluding hydrogens is 410 g/mol. The van der Waals surface area contributed by atoms with E-state index in [1.54, 1.807) is 12.4 Å². The van der Waals surface area contributed by atoms with E-state index in [9.17, 15) is 4.79 Å². The number of carbonyl (C=O) groups excluding carboxylic acids is 1. The minimum Gasteiger partial charge on any atom is -0.357 e. The molecule has 0 N–H and O–H groups in total. The van der Waals surface area contributed by atoms with Gasteiger partial charge in [0.15, 0.2) is 5.82 Å². The summed E-state index contributed by atoms with van der Waals surface area (Å²) in [6, 6.07) is 14.3. The molecule has 2 aliphatic rings. The number of hydrogen-bond acceptors (Lipinski definition) is 5. The van der Waals surface area contributed by atoms with Crippen LogP contribution in [-0.2, 0) is 11.3 Å². The maximum absolute atomic E-state index is 13.7. The first-order valence-corrected chi connectivity index (χ1v) is 11.9. The summed E-state index contributed by atoms with van der Waals surface area (Å²) in [7, 11) is 0. The SMILES string of the molecule is Cc1cc(C)nc(N2CCC3(CCCN(Cc4cccc(-c5ncccn5)c4)C3=O)CC2)c1. The van der Waals surface area contributed by atoms with Crippen molar-refractivity contribution >= 4 is 11.7 Å². The largest absolute Gasteiger partial charge is 0.357 e. The van der Waals surface area contributed by atoms with Gasteiger partial charge in [-0.3, -0.25) is 4.79 Å². The summed E-state index contributed by atoms with van der Waals surface area (Å²) in [6.45, 7) is 7.40.